The highest BCUT2D eigenvalue weighted by Gasteiger charge is 2.45. The van der Waals surface area contributed by atoms with Gasteiger partial charge in [-0.25, -0.2) is 9.59 Å². The topological polar surface area (TPSA) is 125 Å². The van der Waals surface area contributed by atoms with E-state index in [4.69, 9.17) is 38.9 Å². The molecule has 0 amide bonds. The highest BCUT2D eigenvalue weighted by molar-refractivity contribution is 5.97. The van der Waals surface area contributed by atoms with E-state index in [1.165, 1.54) is 7.11 Å². The Labute approximate surface area is 252 Å². The molecule has 232 valence electrons. The molecular weight excluding hydrogens is 554 g/mol. The van der Waals surface area contributed by atoms with Gasteiger partial charge in [0.15, 0.2) is 12.6 Å². The fourth-order valence-electron chi connectivity index (χ4n) is 4.87. The summed E-state index contributed by atoms with van der Waals surface area (Å²) in [6, 6.07) is 12.1. The highest BCUT2D eigenvalue weighted by Crippen LogP contribution is 2.36. The maximum absolute atomic E-state index is 13.6. The Kier molecular flexibility index (Phi) is 11.0. The van der Waals surface area contributed by atoms with Gasteiger partial charge < -0.3 is 38.9 Å². The number of carbonyl (C=O) groups excluding carboxylic acids is 2. The molecule has 2 aliphatic heterocycles. The number of hydrogen-bond donors (Lipinski definition) is 1. The maximum Gasteiger partial charge on any atom is 0.342 e. The smallest absolute Gasteiger partial charge is 0.342 e. The second-order valence-corrected chi connectivity index (χ2v) is 10.9. The van der Waals surface area contributed by atoms with Crippen LogP contribution in [-0.2, 0) is 23.7 Å². The summed E-state index contributed by atoms with van der Waals surface area (Å²) in [4.78, 5) is 26.7. The minimum atomic E-state index is -0.914. The summed E-state index contributed by atoms with van der Waals surface area (Å²) in [5.74, 6) is -1.46. The predicted octanol–water partition coefficient (Wildman–Crippen LogP) is 4.91. The van der Waals surface area contributed by atoms with Gasteiger partial charge in [0.05, 0.1) is 11.7 Å². The van der Waals surface area contributed by atoms with Gasteiger partial charge in [-0.15, -0.1) is 0 Å². The van der Waals surface area contributed by atoms with Gasteiger partial charge in [-0.1, -0.05) is 43.4 Å². The molecule has 2 aromatic rings. The zero-order chi connectivity index (χ0) is 31.0. The molecule has 1 saturated heterocycles. The zero-order valence-corrected chi connectivity index (χ0v) is 25.3. The van der Waals surface area contributed by atoms with Crippen molar-refractivity contribution in [2.75, 3.05) is 27.1 Å². The lowest BCUT2D eigenvalue weighted by molar-refractivity contribution is -0.152. The molecular formula is C33H41NO9. The van der Waals surface area contributed by atoms with Crippen LogP contribution in [0.1, 0.15) is 60.4 Å². The Morgan fingerprint density at radius 2 is 1.84 bits per heavy atom. The first-order valence-electron chi connectivity index (χ1n) is 14.4. The average molecular weight is 596 g/mol. The summed E-state index contributed by atoms with van der Waals surface area (Å²) < 4.78 is 41.1. The van der Waals surface area contributed by atoms with Gasteiger partial charge >= 0.3 is 11.9 Å². The van der Waals surface area contributed by atoms with Gasteiger partial charge in [0.2, 0.25) is 0 Å². The quantitative estimate of drug-likeness (QED) is 0.256. The first-order chi connectivity index (χ1) is 20.6. The van der Waals surface area contributed by atoms with Crippen LogP contribution in [0.15, 0.2) is 60.7 Å². The summed E-state index contributed by atoms with van der Waals surface area (Å²) >= 11 is 0. The number of fused-ring (bicyclic) bond motifs is 2. The second kappa shape index (κ2) is 14.7. The lowest BCUT2D eigenvalue weighted by Gasteiger charge is -2.25. The van der Waals surface area contributed by atoms with Crippen molar-refractivity contribution in [1.29, 1.82) is 0 Å². The fourth-order valence-corrected chi connectivity index (χ4v) is 4.87. The molecule has 10 heteroatoms. The van der Waals surface area contributed by atoms with Gasteiger partial charge in [-0.2, -0.15) is 0 Å². The van der Waals surface area contributed by atoms with E-state index >= 15 is 0 Å². The molecule has 0 aromatic heterocycles. The molecule has 2 heterocycles. The van der Waals surface area contributed by atoms with Crippen LogP contribution < -0.4 is 15.2 Å². The molecule has 0 radical (unpaired) electrons. The first-order valence-corrected chi connectivity index (χ1v) is 14.4. The molecule has 4 unspecified atom stereocenters. The van der Waals surface area contributed by atoms with E-state index in [0.717, 1.165) is 0 Å². The summed E-state index contributed by atoms with van der Waals surface area (Å²) in [5.41, 5.74) is 6.84. The number of esters is 2. The normalized spacial score (nSPS) is 25.9. The second-order valence-electron chi connectivity index (χ2n) is 10.9. The number of nitrogens with two attached hydrogens (primary N) is 1. The fraction of sp³-hybridized carbons (Fsp3) is 0.455. The van der Waals surface area contributed by atoms with Crippen LogP contribution in [0.25, 0.3) is 6.08 Å². The van der Waals surface area contributed by atoms with Gasteiger partial charge in [0, 0.05) is 25.6 Å². The van der Waals surface area contributed by atoms with E-state index in [-0.39, 0.29) is 30.6 Å². The number of cyclic esters (lactones) is 1. The molecule has 2 aliphatic rings. The van der Waals surface area contributed by atoms with Crippen molar-refractivity contribution in [3.63, 3.8) is 0 Å². The molecule has 10 nitrogen and oxygen atoms in total. The third-order valence-electron chi connectivity index (χ3n) is 7.13. The third-order valence-corrected chi connectivity index (χ3v) is 7.13. The van der Waals surface area contributed by atoms with E-state index in [1.807, 2.05) is 39.0 Å². The van der Waals surface area contributed by atoms with Gasteiger partial charge in [0.1, 0.15) is 42.0 Å². The molecule has 43 heavy (non-hydrogen) atoms. The van der Waals surface area contributed by atoms with Crippen molar-refractivity contribution in [2.24, 2.45) is 11.7 Å². The van der Waals surface area contributed by atoms with Crippen molar-refractivity contribution in [3.8, 4) is 11.5 Å². The molecule has 0 bridgehead atoms. The summed E-state index contributed by atoms with van der Waals surface area (Å²) in [6.45, 7) is 7.88. The van der Waals surface area contributed by atoms with Crippen LogP contribution in [0.4, 0.5) is 0 Å². The zero-order valence-electron chi connectivity index (χ0n) is 25.3. The SMILES string of the molecule is COCOc1cc(OCCN)cc2c1C(=O)OC(C)[C@H](C)/C=C\C(OC(=O)c1ccccc1)C1OC(C)(C)OC1CC=C2. The molecule has 0 aliphatic carbocycles. The number of carbonyl (C=O) groups is 2. The van der Waals surface area contributed by atoms with Gasteiger partial charge in [-0.05, 0) is 57.0 Å². The minimum absolute atomic E-state index is 0.0778. The van der Waals surface area contributed by atoms with Crippen molar-refractivity contribution in [3.05, 3.63) is 77.4 Å². The molecule has 1 fully saturated rings. The van der Waals surface area contributed by atoms with E-state index in [2.05, 4.69) is 0 Å². The maximum atomic E-state index is 13.6. The van der Waals surface area contributed by atoms with E-state index < -0.39 is 42.1 Å². The Hall–Kier alpha value is -3.70. The van der Waals surface area contributed by atoms with E-state index in [1.54, 1.807) is 55.5 Å². The molecule has 0 spiro atoms. The van der Waals surface area contributed by atoms with E-state index in [0.29, 0.717) is 29.8 Å². The largest absolute Gasteiger partial charge is 0.492 e. The monoisotopic (exact) mass is 595 g/mol. The molecule has 4 rings (SSSR count). The molecule has 2 aromatic carbocycles. The Morgan fingerprint density at radius 1 is 1.07 bits per heavy atom. The number of benzene rings is 2. The van der Waals surface area contributed by atoms with Crippen molar-refractivity contribution in [1.82, 2.24) is 0 Å². The van der Waals surface area contributed by atoms with Crippen LogP contribution >= 0.6 is 0 Å². The van der Waals surface area contributed by atoms with Crippen molar-refractivity contribution in [2.45, 2.75) is 64.3 Å². The third kappa shape index (κ3) is 8.45. The number of methoxy groups -OCH3 is 1. The van der Waals surface area contributed by atoms with Crippen LogP contribution in [0, 0.1) is 5.92 Å². The van der Waals surface area contributed by atoms with Gasteiger partial charge in [-0.3, -0.25) is 0 Å². The first kappa shape index (κ1) is 32.2. The van der Waals surface area contributed by atoms with Crippen LogP contribution in [0.3, 0.4) is 0 Å². The number of rotatable bonds is 8. The minimum Gasteiger partial charge on any atom is -0.492 e. The van der Waals surface area contributed by atoms with Crippen LogP contribution in [0.5, 0.6) is 11.5 Å². The Balaban J connectivity index is 1.74. The Morgan fingerprint density at radius 3 is 2.56 bits per heavy atom. The van der Waals surface area contributed by atoms with Crippen molar-refractivity contribution >= 4 is 18.0 Å². The van der Waals surface area contributed by atoms with Crippen LogP contribution in [0.2, 0.25) is 0 Å². The van der Waals surface area contributed by atoms with Crippen LogP contribution in [-0.4, -0.2) is 69.2 Å². The van der Waals surface area contributed by atoms with Gasteiger partial charge in [0.25, 0.3) is 0 Å². The summed E-state index contributed by atoms with van der Waals surface area (Å²) in [5, 5.41) is 0. The summed E-state index contributed by atoms with van der Waals surface area (Å²) in [6.07, 6.45) is 5.34. The predicted molar refractivity (Wildman–Crippen MR) is 160 cm³/mol. The highest BCUT2D eigenvalue weighted by atomic mass is 16.8. The molecule has 2 N–H and O–H groups in total. The average Bonchev–Trinajstić information content (AvgIpc) is 3.30. The number of hydrogen-bond acceptors (Lipinski definition) is 10. The summed E-state index contributed by atoms with van der Waals surface area (Å²) in [7, 11) is 1.49. The van der Waals surface area contributed by atoms with Crippen molar-refractivity contribution < 1.29 is 42.7 Å². The molecule has 0 saturated carbocycles. The Bertz CT molecular complexity index is 1310. The number of ether oxygens (including phenoxy) is 7. The standard InChI is InChI=1S/C33H41NO9/c1-21-14-15-26(41-31(35)23-10-7-6-8-11-23)30-27(42-33(3,4)43-30)13-9-12-24-18-25(38-17-16-34)19-28(39-20-37-5)29(24)32(36)40-22(21)2/h6-12,14-15,18-19,21-22,26-27,30H,13,16-17,20,34H2,1-5H3/b12-9?,15-14-/t21-,22?,26?,27?,30?/m1/s1. The molecule has 5 atom stereocenters. The lowest BCUT2D eigenvalue weighted by atomic mass is 9.98. The lowest BCUT2D eigenvalue weighted by Crippen LogP contribution is -2.37. The van der Waals surface area contributed by atoms with E-state index in [9.17, 15) is 9.59 Å².